The lowest BCUT2D eigenvalue weighted by Crippen LogP contribution is -2.26. The second-order valence-corrected chi connectivity index (χ2v) is 7.89. The molecule has 128 valence electrons. The van der Waals surface area contributed by atoms with Crippen LogP contribution in [0, 0.1) is 17.8 Å². The molecule has 4 heteroatoms. The van der Waals surface area contributed by atoms with Crippen LogP contribution in [0.1, 0.15) is 64.5 Å². The molecular weight excluding hydrogens is 324 g/mol. The zero-order valence-corrected chi connectivity index (χ0v) is 16.1. The average Bonchev–Trinajstić information content (AvgIpc) is 2.53. The van der Waals surface area contributed by atoms with Crippen LogP contribution in [0.5, 0.6) is 0 Å². The van der Waals surface area contributed by atoms with Crippen molar-refractivity contribution >= 4 is 31.2 Å². The molecule has 0 saturated heterocycles. The van der Waals surface area contributed by atoms with Gasteiger partial charge in [0.2, 0.25) is 0 Å². The SMILES string of the molecule is CCC(C)C1CCC(C(=O)OC(C)c2cc(S)cc(S)c2)CC1. The van der Waals surface area contributed by atoms with E-state index in [2.05, 4.69) is 39.1 Å². The van der Waals surface area contributed by atoms with Crippen LogP contribution in [-0.4, -0.2) is 5.97 Å². The molecule has 0 radical (unpaired) electrons. The van der Waals surface area contributed by atoms with E-state index in [-0.39, 0.29) is 18.0 Å². The van der Waals surface area contributed by atoms with Gasteiger partial charge in [-0.05, 0) is 68.2 Å². The molecule has 1 fully saturated rings. The summed E-state index contributed by atoms with van der Waals surface area (Å²) >= 11 is 8.72. The monoisotopic (exact) mass is 352 g/mol. The topological polar surface area (TPSA) is 26.3 Å². The van der Waals surface area contributed by atoms with Crippen molar-refractivity contribution in [2.45, 2.75) is 68.8 Å². The van der Waals surface area contributed by atoms with Crippen LogP contribution in [0.15, 0.2) is 28.0 Å². The summed E-state index contributed by atoms with van der Waals surface area (Å²) in [5.41, 5.74) is 0.948. The Morgan fingerprint density at radius 2 is 1.70 bits per heavy atom. The molecule has 1 saturated carbocycles. The standard InChI is InChI=1S/C19H28O2S2/c1-4-12(2)14-5-7-15(8-6-14)19(20)21-13(3)16-9-17(22)11-18(23)10-16/h9-15,22-23H,4-8H2,1-3H3. The van der Waals surface area contributed by atoms with Crippen molar-refractivity contribution in [1.29, 1.82) is 0 Å². The van der Waals surface area contributed by atoms with Gasteiger partial charge in [0.15, 0.2) is 0 Å². The highest BCUT2D eigenvalue weighted by Gasteiger charge is 2.30. The molecule has 23 heavy (non-hydrogen) atoms. The van der Waals surface area contributed by atoms with E-state index in [0.717, 1.165) is 52.9 Å². The molecule has 0 bridgehead atoms. The van der Waals surface area contributed by atoms with Gasteiger partial charge in [0.25, 0.3) is 0 Å². The number of benzene rings is 1. The molecule has 0 N–H and O–H groups in total. The molecule has 2 rings (SSSR count). The summed E-state index contributed by atoms with van der Waals surface area (Å²) in [5.74, 6) is 1.55. The maximum Gasteiger partial charge on any atom is 0.309 e. The number of hydrogen-bond acceptors (Lipinski definition) is 4. The highest BCUT2D eigenvalue weighted by molar-refractivity contribution is 7.81. The number of carbonyl (C=O) groups is 1. The molecule has 0 aliphatic heterocycles. The first-order valence-corrected chi connectivity index (χ1v) is 9.53. The molecule has 2 atom stereocenters. The molecule has 1 aliphatic carbocycles. The fourth-order valence-corrected chi connectivity index (χ4v) is 4.13. The number of ether oxygens (including phenoxy) is 1. The summed E-state index contributed by atoms with van der Waals surface area (Å²) in [4.78, 5) is 14.1. The van der Waals surface area contributed by atoms with Crippen molar-refractivity contribution < 1.29 is 9.53 Å². The normalized spacial score (nSPS) is 24.0. The quantitative estimate of drug-likeness (QED) is 0.523. The summed E-state index contributed by atoms with van der Waals surface area (Å²) in [6, 6.07) is 5.74. The summed E-state index contributed by atoms with van der Waals surface area (Å²) in [7, 11) is 0. The van der Waals surface area contributed by atoms with Gasteiger partial charge in [0.05, 0.1) is 5.92 Å². The number of hydrogen-bond donors (Lipinski definition) is 2. The Kier molecular flexibility index (Phi) is 6.90. The van der Waals surface area contributed by atoms with E-state index in [1.165, 1.54) is 6.42 Å². The molecule has 0 aromatic heterocycles. The van der Waals surface area contributed by atoms with Crippen molar-refractivity contribution in [2.24, 2.45) is 17.8 Å². The van der Waals surface area contributed by atoms with Crippen LogP contribution in [-0.2, 0) is 9.53 Å². The summed E-state index contributed by atoms with van der Waals surface area (Å²) in [6.45, 7) is 6.49. The van der Waals surface area contributed by atoms with Crippen molar-refractivity contribution in [1.82, 2.24) is 0 Å². The predicted octanol–water partition coefficient (Wildman–Crippen LogP) is 5.72. The van der Waals surface area contributed by atoms with E-state index < -0.39 is 0 Å². The number of carbonyl (C=O) groups excluding carboxylic acids is 1. The molecule has 1 aromatic rings. The fraction of sp³-hybridized carbons (Fsp3) is 0.632. The minimum absolute atomic E-state index is 0.0506. The minimum atomic E-state index is -0.257. The zero-order chi connectivity index (χ0) is 17.0. The fourth-order valence-electron chi connectivity index (χ4n) is 3.45. The van der Waals surface area contributed by atoms with Crippen molar-refractivity contribution in [3.8, 4) is 0 Å². The van der Waals surface area contributed by atoms with E-state index in [4.69, 9.17) is 4.74 Å². The van der Waals surface area contributed by atoms with Crippen LogP contribution >= 0.6 is 25.3 Å². The maximum atomic E-state index is 12.4. The zero-order valence-electron chi connectivity index (χ0n) is 14.3. The second kappa shape index (κ2) is 8.48. The van der Waals surface area contributed by atoms with Gasteiger partial charge < -0.3 is 4.74 Å². The summed E-state index contributed by atoms with van der Waals surface area (Å²) < 4.78 is 5.70. The Labute approximate surface area is 151 Å². The van der Waals surface area contributed by atoms with Gasteiger partial charge >= 0.3 is 5.97 Å². The lowest BCUT2D eigenvalue weighted by molar-refractivity contribution is -0.155. The van der Waals surface area contributed by atoms with E-state index >= 15 is 0 Å². The Bertz CT molecular complexity index is 516. The van der Waals surface area contributed by atoms with E-state index in [1.807, 2.05) is 25.1 Å². The summed E-state index contributed by atoms with van der Waals surface area (Å²) in [6.07, 6.45) is 5.19. The summed E-state index contributed by atoms with van der Waals surface area (Å²) in [5, 5.41) is 0. The van der Waals surface area contributed by atoms with Crippen LogP contribution in [0.2, 0.25) is 0 Å². The van der Waals surface area contributed by atoms with Gasteiger partial charge in [-0.3, -0.25) is 4.79 Å². The van der Waals surface area contributed by atoms with E-state index in [9.17, 15) is 4.79 Å². The van der Waals surface area contributed by atoms with Crippen LogP contribution in [0.3, 0.4) is 0 Å². The smallest absolute Gasteiger partial charge is 0.309 e. The van der Waals surface area contributed by atoms with Gasteiger partial charge in [-0.1, -0.05) is 20.3 Å². The van der Waals surface area contributed by atoms with Crippen molar-refractivity contribution in [3.63, 3.8) is 0 Å². The largest absolute Gasteiger partial charge is 0.458 e. The number of thiol groups is 2. The first-order chi connectivity index (χ1) is 10.9. The Morgan fingerprint density at radius 3 is 2.22 bits per heavy atom. The average molecular weight is 353 g/mol. The Hall–Kier alpha value is -0.610. The lowest BCUT2D eigenvalue weighted by atomic mass is 9.75. The molecular formula is C19H28O2S2. The van der Waals surface area contributed by atoms with Crippen molar-refractivity contribution in [2.75, 3.05) is 0 Å². The molecule has 1 aliphatic rings. The molecule has 2 nitrogen and oxygen atoms in total. The molecule has 2 unspecified atom stereocenters. The van der Waals surface area contributed by atoms with E-state index in [0.29, 0.717) is 0 Å². The Balaban J connectivity index is 1.89. The number of esters is 1. The Morgan fingerprint density at radius 1 is 1.13 bits per heavy atom. The predicted molar refractivity (Wildman–Crippen MR) is 100 cm³/mol. The van der Waals surface area contributed by atoms with Gasteiger partial charge in [-0.25, -0.2) is 0 Å². The third-order valence-corrected chi connectivity index (χ3v) is 5.76. The highest BCUT2D eigenvalue weighted by Crippen LogP contribution is 2.36. The van der Waals surface area contributed by atoms with Crippen LogP contribution in [0.4, 0.5) is 0 Å². The first-order valence-electron chi connectivity index (χ1n) is 8.64. The van der Waals surface area contributed by atoms with Gasteiger partial charge in [-0.2, -0.15) is 0 Å². The maximum absolute atomic E-state index is 12.4. The minimum Gasteiger partial charge on any atom is -0.458 e. The second-order valence-electron chi connectivity index (χ2n) is 6.86. The number of rotatable bonds is 5. The first kappa shape index (κ1) is 18.7. The molecule has 0 spiro atoms. The van der Waals surface area contributed by atoms with E-state index in [1.54, 1.807) is 0 Å². The third-order valence-electron chi connectivity index (χ3n) is 5.24. The van der Waals surface area contributed by atoms with Crippen LogP contribution < -0.4 is 0 Å². The highest BCUT2D eigenvalue weighted by atomic mass is 32.1. The van der Waals surface area contributed by atoms with Crippen molar-refractivity contribution in [3.05, 3.63) is 23.8 Å². The van der Waals surface area contributed by atoms with Gasteiger partial charge in [0.1, 0.15) is 6.10 Å². The molecule has 0 amide bonds. The third kappa shape index (κ3) is 5.18. The van der Waals surface area contributed by atoms with Crippen LogP contribution in [0.25, 0.3) is 0 Å². The van der Waals surface area contributed by atoms with Gasteiger partial charge in [-0.15, -0.1) is 25.3 Å². The molecule has 1 aromatic carbocycles. The lowest BCUT2D eigenvalue weighted by Gasteiger charge is -2.31. The molecule has 0 heterocycles. The van der Waals surface area contributed by atoms with Gasteiger partial charge in [0, 0.05) is 9.79 Å².